The van der Waals surface area contributed by atoms with E-state index in [0.717, 1.165) is 43.5 Å². The smallest absolute Gasteiger partial charge is 0.322 e. The molecular weight excluding hydrogens is 392 g/mol. The largest absolute Gasteiger partial charge is 0.378 e. The fourth-order valence-electron chi connectivity index (χ4n) is 3.53. The molecule has 1 aromatic heterocycles. The lowest BCUT2D eigenvalue weighted by Crippen LogP contribution is -2.50. The second-order valence-corrected chi connectivity index (χ2v) is 7.63. The number of aryl methyl sites for hydroxylation is 1. The number of nitrogens with one attached hydrogen (secondary N) is 1. The Labute approximate surface area is 175 Å². The fraction of sp³-hybridized carbons (Fsp3) is 0.450. The van der Waals surface area contributed by atoms with Gasteiger partial charge in [-0.15, -0.1) is 0 Å². The number of morpholine rings is 1. The predicted molar refractivity (Wildman–Crippen MR) is 114 cm³/mol. The van der Waals surface area contributed by atoms with Gasteiger partial charge in [-0.05, 0) is 24.6 Å². The van der Waals surface area contributed by atoms with Crippen molar-refractivity contribution < 1.29 is 9.53 Å². The predicted octanol–water partition coefficient (Wildman–Crippen LogP) is 2.63. The van der Waals surface area contributed by atoms with Gasteiger partial charge in [0, 0.05) is 45.3 Å². The van der Waals surface area contributed by atoms with Gasteiger partial charge in [0.1, 0.15) is 18.0 Å². The van der Waals surface area contributed by atoms with Gasteiger partial charge >= 0.3 is 6.03 Å². The molecule has 154 valence electrons. The normalized spacial score (nSPS) is 17.4. The summed E-state index contributed by atoms with van der Waals surface area (Å²) in [6, 6.07) is 7.50. The number of amides is 2. The molecule has 0 aliphatic carbocycles. The fourth-order valence-corrected chi connectivity index (χ4v) is 3.81. The molecule has 0 bridgehead atoms. The number of halogens is 1. The number of ether oxygens (including phenoxy) is 1. The topological polar surface area (TPSA) is 73.8 Å². The summed E-state index contributed by atoms with van der Waals surface area (Å²) in [5.74, 6) is 1.82. The summed E-state index contributed by atoms with van der Waals surface area (Å²) in [6.07, 6.45) is 1.61. The van der Waals surface area contributed by atoms with Crippen molar-refractivity contribution in [1.29, 1.82) is 0 Å². The molecular formula is C20H25ClN6O2. The summed E-state index contributed by atoms with van der Waals surface area (Å²) >= 11 is 6.23. The number of carbonyl (C=O) groups excluding carboxylic acids is 1. The van der Waals surface area contributed by atoms with E-state index in [9.17, 15) is 4.79 Å². The third kappa shape index (κ3) is 4.71. The molecule has 2 amide bonds. The Morgan fingerprint density at radius 2 is 1.66 bits per heavy atom. The first-order chi connectivity index (χ1) is 14.1. The quantitative estimate of drug-likeness (QED) is 0.829. The molecule has 1 N–H and O–H groups in total. The number of rotatable bonds is 3. The van der Waals surface area contributed by atoms with Crippen molar-refractivity contribution in [3.05, 3.63) is 41.2 Å². The number of nitrogens with zero attached hydrogens (tertiary/aromatic N) is 5. The Balaban J connectivity index is 1.35. The Bertz CT molecular complexity index is 866. The Morgan fingerprint density at radius 3 is 2.31 bits per heavy atom. The number of benzene rings is 1. The van der Waals surface area contributed by atoms with Crippen LogP contribution in [0.3, 0.4) is 0 Å². The van der Waals surface area contributed by atoms with Crippen molar-refractivity contribution in [3.8, 4) is 0 Å². The molecule has 29 heavy (non-hydrogen) atoms. The van der Waals surface area contributed by atoms with Crippen LogP contribution in [0.5, 0.6) is 0 Å². The molecule has 2 aromatic rings. The number of piperazine rings is 1. The molecule has 2 aliphatic rings. The Kier molecular flexibility index (Phi) is 6.01. The second kappa shape index (κ2) is 8.84. The van der Waals surface area contributed by atoms with E-state index in [0.29, 0.717) is 36.9 Å². The molecule has 9 heteroatoms. The maximum absolute atomic E-state index is 12.6. The second-order valence-electron chi connectivity index (χ2n) is 7.22. The summed E-state index contributed by atoms with van der Waals surface area (Å²) in [7, 11) is 0. The molecule has 2 fully saturated rings. The minimum absolute atomic E-state index is 0.132. The van der Waals surface area contributed by atoms with Crippen LogP contribution in [0.2, 0.25) is 5.02 Å². The van der Waals surface area contributed by atoms with E-state index in [1.165, 1.54) is 0 Å². The molecule has 4 rings (SSSR count). The number of anilines is 3. The van der Waals surface area contributed by atoms with E-state index in [1.807, 2.05) is 31.2 Å². The average Bonchev–Trinajstić information content (AvgIpc) is 2.76. The van der Waals surface area contributed by atoms with Crippen LogP contribution in [0.15, 0.2) is 30.6 Å². The molecule has 1 aromatic carbocycles. The zero-order chi connectivity index (χ0) is 20.2. The molecule has 2 saturated heterocycles. The van der Waals surface area contributed by atoms with Gasteiger partial charge in [0.2, 0.25) is 0 Å². The van der Waals surface area contributed by atoms with Crippen molar-refractivity contribution in [2.75, 3.05) is 67.6 Å². The molecule has 0 unspecified atom stereocenters. The van der Waals surface area contributed by atoms with Crippen LogP contribution in [0.4, 0.5) is 22.1 Å². The number of hydrogen-bond acceptors (Lipinski definition) is 6. The third-order valence-electron chi connectivity index (χ3n) is 5.23. The third-order valence-corrected chi connectivity index (χ3v) is 5.54. The maximum atomic E-state index is 12.6. The van der Waals surface area contributed by atoms with Gasteiger partial charge in [0.15, 0.2) is 0 Å². The zero-order valence-electron chi connectivity index (χ0n) is 16.5. The number of carbonyl (C=O) groups is 1. The van der Waals surface area contributed by atoms with Gasteiger partial charge < -0.3 is 24.8 Å². The Hall–Kier alpha value is -2.58. The monoisotopic (exact) mass is 416 g/mol. The van der Waals surface area contributed by atoms with E-state index in [4.69, 9.17) is 16.3 Å². The van der Waals surface area contributed by atoms with E-state index in [1.54, 1.807) is 11.2 Å². The first-order valence-corrected chi connectivity index (χ1v) is 10.2. The standard InChI is InChI=1S/C20H25ClN6O2/c1-15-2-3-17(16(21)12-15)24-20(28)27-6-4-25(5-7-27)18-13-19(23-14-22-18)26-8-10-29-11-9-26/h2-3,12-14H,4-11H2,1H3,(H,24,28). The molecule has 0 saturated carbocycles. The lowest BCUT2D eigenvalue weighted by atomic mass is 10.2. The number of urea groups is 1. The van der Waals surface area contributed by atoms with Gasteiger partial charge in [-0.25, -0.2) is 14.8 Å². The number of hydrogen-bond donors (Lipinski definition) is 1. The zero-order valence-corrected chi connectivity index (χ0v) is 17.2. The van der Waals surface area contributed by atoms with Gasteiger partial charge in [-0.1, -0.05) is 17.7 Å². The van der Waals surface area contributed by atoms with Gasteiger partial charge in [0.05, 0.1) is 23.9 Å². The van der Waals surface area contributed by atoms with Gasteiger partial charge in [0.25, 0.3) is 0 Å². The van der Waals surface area contributed by atoms with E-state index >= 15 is 0 Å². The minimum Gasteiger partial charge on any atom is -0.378 e. The minimum atomic E-state index is -0.132. The highest BCUT2D eigenvalue weighted by Gasteiger charge is 2.23. The van der Waals surface area contributed by atoms with Crippen LogP contribution in [-0.4, -0.2) is 73.4 Å². The van der Waals surface area contributed by atoms with Crippen molar-refractivity contribution in [1.82, 2.24) is 14.9 Å². The van der Waals surface area contributed by atoms with Crippen LogP contribution in [-0.2, 0) is 4.74 Å². The van der Waals surface area contributed by atoms with Crippen molar-refractivity contribution in [2.45, 2.75) is 6.92 Å². The van der Waals surface area contributed by atoms with E-state index < -0.39 is 0 Å². The molecule has 0 atom stereocenters. The molecule has 3 heterocycles. The van der Waals surface area contributed by atoms with Crippen LogP contribution >= 0.6 is 11.6 Å². The van der Waals surface area contributed by atoms with Crippen LogP contribution in [0.1, 0.15) is 5.56 Å². The summed E-state index contributed by atoms with van der Waals surface area (Å²) in [4.78, 5) is 27.6. The highest BCUT2D eigenvalue weighted by molar-refractivity contribution is 6.33. The van der Waals surface area contributed by atoms with E-state index in [-0.39, 0.29) is 6.03 Å². The summed E-state index contributed by atoms with van der Waals surface area (Å²) in [5.41, 5.74) is 1.69. The average molecular weight is 417 g/mol. The van der Waals surface area contributed by atoms with Crippen molar-refractivity contribution in [2.24, 2.45) is 0 Å². The van der Waals surface area contributed by atoms with E-state index in [2.05, 4.69) is 25.1 Å². The number of aromatic nitrogens is 2. The highest BCUT2D eigenvalue weighted by atomic mass is 35.5. The first kappa shape index (κ1) is 19.7. The molecule has 2 aliphatic heterocycles. The first-order valence-electron chi connectivity index (χ1n) is 9.82. The van der Waals surface area contributed by atoms with Crippen LogP contribution in [0.25, 0.3) is 0 Å². The van der Waals surface area contributed by atoms with Crippen molar-refractivity contribution in [3.63, 3.8) is 0 Å². The summed E-state index contributed by atoms with van der Waals surface area (Å²) in [5, 5.41) is 3.46. The summed E-state index contributed by atoms with van der Waals surface area (Å²) in [6.45, 7) is 7.75. The van der Waals surface area contributed by atoms with Gasteiger partial charge in [-0.3, -0.25) is 0 Å². The SMILES string of the molecule is Cc1ccc(NC(=O)N2CCN(c3cc(N4CCOCC4)ncn3)CC2)c(Cl)c1. The van der Waals surface area contributed by atoms with Crippen LogP contribution < -0.4 is 15.1 Å². The molecule has 8 nitrogen and oxygen atoms in total. The van der Waals surface area contributed by atoms with Gasteiger partial charge in [-0.2, -0.15) is 0 Å². The van der Waals surface area contributed by atoms with Crippen LogP contribution in [0, 0.1) is 6.92 Å². The van der Waals surface area contributed by atoms with Crippen molar-refractivity contribution >= 4 is 35.0 Å². The Morgan fingerprint density at radius 1 is 1.00 bits per heavy atom. The molecule has 0 radical (unpaired) electrons. The lowest BCUT2D eigenvalue weighted by Gasteiger charge is -2.36. The maximum Gasteiger partial charge on any atom is 0.322 e. The lowest BCUT2D eigenvalue weighted by molar-refractivity contribution is 0.122. The summed E-state index contributed by atoms with van der Waals surface area (Å²) < 4.78 is 5.41. The highest BCUT2D eigenvalue weighted by Crippen LogP contribution is 2.24. The molecule has 0 spiro atoms.